The van der Waals surface area contributed by atoms with Gasteiger partial charge < -0.3 is 21.5 Å². The predicted octanol–water partition coefficient (Wildman–Crippen LogP) is 3.24. The van der Waals surface area contributed by atoms with Gasteiger partial charge in [0, 0.05) is 11.4 Å². The van der Waals surface area contributed by atoms with Crippen LogP contribution in [0.4, 0.5) is 28.7 Å². The number of nitrogens with two attached hydrogens (primary N) is 1. The topological polar surface area (TPSA) is 113 Å². The standard InChI is InChI=1S/C17H15N5O2/c18-14-15(21-12-4-2-1-3-5-12)19-10-20-16(14)22-13-8-6-11(7-9-13)17(23)24/h1-10H,18H2,(H,23,24)(H2,19,20,21,22). The monoisotopic (exact) mass is 321 g/mol. The Bertz CT molecular complexity index is 851. The summed E-state index contributed by atoms with van der Waals surface area (Å²) in [5, 5.41) is 15.1. The quantitative estimate of drug-likeness (QED) is 0.570. The van der Waals surface area contributed by atoms with Crippen molar-refractivity contribution in [3.05, 3.63) is 66.5 Å². The van der Waals surface area contributed by atoms with E-state index in [2.05, 4.69) is 20.6 Å². The first-order valence-corrected chi connectivity index (χ1v) is 7.16. The molecule has 0 saturated heterocycles. The number of aromatic carboxylic acids is 1. The molecule has 0 radical (unpaired) electrons. The van der Waals surface area contributed by atoms with Crippen LogP contribution in [0.25, 0.3) is 0 Å². The Kier molecular flexibility index (Phi) is 4.24. The molecule has 0 spiro atoms. The fourth-order valence-electron chi connectivity index (χ4n) is 2.09. The lowest BCUT2D eigenvalue weighted by Gasteiger charge is -2.12. The molecule has 0 atom stereocenters. The first kappa shape index (κ1) is 15.3. The van der Waals surface area contributed by atoms with Gasteiger partial charge in [-0.05, 0) is 36.4 Å². The third-order valence-corrected chi connectivity index (χ3v) is 3.32. The summed E-state index contributed by atoms with van der Waals surface area (Å²) in [6.07, 6.45) is 1.40. The predicted molar refractivity (Wildman–Crippen MR) is 92.9 cm³/mol. The van der Waals surface area contributed by atoms with Gasteiger partial charge in [-0.2, -0.15) is 0 Å². The van der Waals surface area contributed by atoms with Gasteiger partial charge in [0.05, 0.1) is 5.56 Å². The first-order chi connectivity index (χ1) is 11.6. The second-order valence-electron chi connectivity index (χ2n) is 4.98. The number of para-hydroxylation sites is 1. The smallest absolute Gasteiger partial charge is 0.335 e. The summed E-state index contributed by atoms with van der Waals surface area (Å²) in [6.45, 7) is 0. The van der Waals surface area contributed by atoms with Crippen molar-refractivity contribution in [2.75, 3.05) is 16.4 Å². The summed E-state index contributed by atoms with van der Waals surface area (Å²) < 4.78 is 0. The lowest BCUT2D eigenvalue weighted by molar-refractivity contribution is 0.0697. The number of nitrogens with one attached hydrogen (secondary N) is 2. The second-order valence-corrected chi connectivity index (χ2v) is 4.98. The summed E-state index contributed by atoms with van der Waals surface area (Å²) >= 11 is 0. The summed E-state index contributed by atoms with van der Waals surface area (Å²) in [5.74, 6) is -0.0511. The highest BCUT2D eigenvalue weighted by atomic mass is 16.4. The Morgan fingerprint density at radius 2 is 1.42 bits per heavy atom. The van der Waals surface area contributed by atoms with E-state index in [0.717, 1.165) is 5.69 Å². The SMILES string of the molecule is Nc1c(Nc2ccccc2)ncnc1Nc1ccc(C(=O)O)cc1. The molecule has 0 aliphatic carbocycles. The highest BCUT2D eigenvalue weighted by molar-refractivity contribution is 5.88. The zero-order valence-corrected chi connectivity index (χ0v) is 12.6. The lowest BCUT2D eigenvalue weighted by Crippen LogP contribution is -2.05. The van der Waals surface area contributed by atoms with Crippen LogP contribution in [0, 0.1) is 0 Å². The minimum Gasteiger partial charge on any atom is -0.478 e. The molecule has 120 valence electrons. The third kappa shape index (κ3) is 3.41. The minimum absolute atomic E-state index is 0.211. The average molecular weight is 321 g/mol. The van der Waals surface area contributed by atoms with Crippen molar-refractivity contribution in [1.29, 1.82) is 0 Å². The fraction of sp³-hybridized carbons (Fsp3) is 0. The molecule has 0 amide bonds. The molecular formula is C17H15N5O2. The molecule has 7 heteroatoms. The maximum Gasteiger partial charge on any atom is 0.335 e. The van der Waals surface area contributed by atoms with Crippen LogP contribution >= 0.6 is 0 Å². The van der Waals surface area contributed by atoms with Crippen LogP contribution in [0.3, 0.4) is 0 Å². The number of carbonyl (C=O) groups is 1. The van der Waals surface area contributed by atoms with Crippen LogP contribution in [-0.2, 0) is 0 Å². The number of nitrogen functional groups attached to an aromatic ring is 1. The van der Waals surface area contributed by atoms with Crippen LogP contribution in [0.15, 0.2) is 60.9 Å². The molecule has 0 aliphatic heterocycles. The fourth-order valence-corrected chi connectivity index (χ4v) is 2.09. The lowest BCUT2D eigenvalue weighted by atomic mass is 10.2. The van der Waals surface area contributed by atoms with Gasteiger partial charge in [-0.1, -0.05) is 18.2 Å². The normalized spacial score (nSPS) is 10.2. The Labute approximate surface area is 138 Å². The van der Waals surface area contributed by atoms with E-state index in [0.29, 0.717) is 23.0 Å². The highest BCUT2D eigenvalue weighted by Crippen LogP contribution is 2.28. The second kappa shape index (κ2) is 6.66. The van der Waals surface area contributed by atoms with Crippen LogP contribution in [-0.4, -0.2) is 21.0 Å². The highest BCUT2D eigenvalue weighted by Gasteiger charge is 2.09. The van der Waals surface area contributed by atoms with Crippen molar-refractivity contribution in [1.82, 2.24) is 9.97 Å². The molecule has 24 heavy (non-hydrogen) atoms. The van der Waals surface area contributed by atoms with Crippen molar-refractivity contribution in [2.24, 2.45) is 0 Å². The largest absolute Gasteiger partial charge is 0.478 e. The molecular weight excluding hydrogens is 306 g/mol. The molecule has 1 heterocycles. The molecule has 7 nitrogen and oxygen atoms in total. The van der Waals surface area contributed by atoms with Crippen molar-refractivity contribution in [3.63, 3.8) is 0 Å². The molecule has 2 aromatic carbocycles. The van der Waals surface area contributed by atoms with E-state index >= 15 is 0 Å². The van der Waals surface area contributed by atoms with E-state index in [4.69, 9.17) is 10.8 Å². The van der Waals surface area contributed by atoms with Crippen LogP contribution in [0.2, 0.25) is 0 Å². The van der Waals surface area contributed by atoms with E-state index in [-0.39, 0.29) is 5.56 Å². The summed E-state index contributed by atoms with van der Waals surface area (Å²) in [6, 6.07) is 15.8. The van der Waals surface area contributed by atoms with Crippen LogP contribution < -0.4 is 16.4 Å². The molecule has 3 aromatic rings. The van der Waals surface area contributed by atoms with E-state index in [1.807, 2.05) is 30.3 Å². The molecule has 0 fully saturated rings. The van der Waals surface area contributed by atoms with Gasteiger partial charge in [0.1, 0.15) is 12.0 Å². The Hall–Kier alpha value is -3.61. The number of carboxylic acid groups (broad SMARTS) is 1. The number of carboxylic acids is 1. The van der Waals surface area contributed by atoms with Gasteiger partial charge in [-0.25, -0.2) is 14.8 Å². The summed E-state index contributed by atoms with van der Waals surface area (Å²) in [7, 11) is 0. The number of nitrogens with zero attached hydrogens (tertiary/aromatic N) is 2. The van der Waals surface area contributed by atoms with Gasteiger partial charge in [0.25, 0.3) is 0 Å². The number of benzene rings is 2. The molecule has 0 saturated carbocycles. The van der Waals surface area contributed by atoms with Gasteiger partial charge in [0.2, 0.25) is 0 Å². The van der Waals surface area contributed by atoms with Crippen molar-refractivity contribution >= 4 is 34.7 Å². The zero-order chi connectivity index (χ0) is 16.9. The van der Waals surface area contributed by atoms with Crippen molar-refractivity contribution in [3.8, 4) is 0 Å². The van der Waals surface area contributed by atoms with E-state index in [9.17, 15) is 4.79 Å². The Balaban J connectivity index is 1.81. The van der Waals surface area contributed by atoms with Crippen molar-refractivity contribution in [2.45, 2.75) is 0 Å². The van der Waals surface area contributed by atoms with Gasteiger partial charge >= 0.3 is 5.97 Å². The van der Waals surface area contributed by atoms with E-state index in [1.165, 1.54) is 18.5 Å². The molecule has 5 N–H and O–H groups in total. The van der Waals surface area contributed by atoms with Gasteiger partial charge in [-0.15, -0.1) is 0 Å². The van der Waals surface area contributed by atoms with Crippen LogP contribution in [0.1, 0.15) is 10.4 Å². The maximum atomic E-state index is 10.9. The number of anilines is 5. The number of hydrogen-bond donors (Lipinski definition) is 4. The zero-order valence-electron chi connectivity index (χ0n) is 12.6. The maximum absolute atomic E-state index is 10.9. The molecule has 0 aliphatic rings. The van der Waals surface area contributed by atoms with Crippen molar-refractivity contribution < 1.29 is 9.90 Å². The number of aromatic nitrogens is 2. The van der Waals surface area contributed by atoms with Gasteiger partial charge in [0.15, 0.2) is 11.6 Å². The van der Waals surface area contributed by atoms with Crippen LogP contribution in [0.5, 0.6) is 0 Å². The molecule has 0 unspecified atom stereocenters. The Morgan fingerprint density at radius 3 is 1.96 bits per heavy atom. The third-order valence-electron chi connectivity index (χ3n) is 3.32. The van der Waals surface area contributed by atoms with Gasteiger partial charge in [-0.3, -0.25) is 0 Å². The van der Waals surface area contributed by atoms with E-state index < -0.39 is 5.97 Å². The minimum atomic E-state index is -0.975. The number of rotatable bonds is 5. The summed E-state index contributed by atoms with van der Waals surface area (Å²) in [5.41, 5.74) is 8.23. The molecule has 1 aromatic heterocycles. The average Bonchev–Trinajstić information content (AvgIpc) is 2.60. The van der Waals surface area contributed by atoms with E-state index in [1.54, 1.807) is 12.1 Å². The molecule has 0 bridgehead atoms. The summed E-state index contributed by atoms with van der Waals surface area (Å²) in [4.78, 5) is 19.2. The first-order valence-electron chi connectivity index (χ1n) is 7.16. The Morgan fingerprint density at radius 1 is 0.875 bits per heavy atom. The molecule has 3 rings (SSSR count). The number of hydrogen-bond acceptors (Lipinski definition) is 6.